The van der Waals surface area contributed by atoms with Crippen LogP contribution < -0.4 is 10.1 Å². The lowest BCUT2D eigenvalue weighted by molar-refractivity contribution is -0.118. The molecule has 1 fully saturated rings. The molecule has 2 aliphatic rings. The van der Waals surface area contributed by atoms with Crippen molar-refractivity contribution >= 4 is 17.7 Å². The van der Waals surface area contributed by atoms with Crippen LogP contribution in [0.5, 0.6) is 5.75 Å². The number of ether oxygens (including phenoxy) is 2. The number of hydrogen-bond donors (Lipinski definition) is 1. The monoisotopic (exact) mass is 333 g/mol. The Balaban J connectivity index is 1.67. The Bertz CT molecular complexity index is 646. The second-order valence-corrected chi connectivity index (χ2v) is 7.18. The van der Waals surface area contributed by atoms with Crippen LogP contribution in [0.3, 0.4) is 0 Å². The van der Waals surface area contributed by atoms with Crippen LogP contribution in [0.15, 0.2) is 12.4 Å². The minimum Gasteiger partial charge on any atom is -0.481 e. The quantitative estimate of drug-likeness (QED) is 0.854. The first-order valence-electron chi connectivity index (χ1n) is 8.22. The van der Waals surface area contributed by atoms with Gasteiger partial charge < -0.3 is 19.7 Å². The fourth-order valence-corrected chi connectivity index (χ4v) is 3.03. The van der Waals surface area contributed by atoms with E-state index in [0.717, 1.165) is 18.4 Å². The minimum atomic E-state index is -0.484. The number of fused-ring (bicyclic) bond motifs is 1. The van der Waals surface area contributed by atoms with Crippen molar-refractivity contribution in [3.8, 4) is 5.75 Å². The topological polar surface area (TPSA) is 80.8 Å². The van der Waals surface area contributed by atoms with Gasteiger partial charge in [0.2, 0.25) is 0 Å². The third-order valence-corrected chi connectivity index (χ3v) is 4.13. The summed E-state index contributed by atoms with van der Waals surface area (Å²) in [4.78, 5) is 29.5. The van der Waals surface area contributed by atoms with E-state index in [2.05, 4.69) is 10.3 Å². The summed E-state index contributed by atoms with van der Waals surface area (Å²) >= 11 is 0. The van der Waals surface area contributed by atoms with E-state index in [1.54, 1.807) is 17.3 Å². The molecule has 130 valence electrons. The Morgan fingerprint density at radius 3 is 2.71 bits per heavy atom. The number of piperidine rings is 1. The molecule has 1 aromatic rings. The van der Waals surface area contributed by atoms with Crippen molar-refractivity contribution in [3.05, 3.63) is 18.0 Å². The predicted molar refractivity (Wildman–Crippen MR) is 88.1 cm³/mol. The third-order valence-electron chi connectivity index (χ3n) is 4.13. The van der Waals surface area contributed by atoms with Crippen molar-refractivity contribution in [2.75, 3.05) is 25.0 Å². The average molecular weight is 333 g/mol. The first-order valence-corrected chi connectivity index (χ1v) is 8.22. The van der Waals surface area contributed by atoms with Crippen molar-refractivity contribution < 1.29 is 19.1 Å². The Morgan fingerprint density at radius 1 is 1.33 bits per heavy atom. The van der Waals surface area contributed by atoms with Gasteiger partial charge in [-0.05, 0) is 39.5 Å². The van der Waals surface area contributed by atoms with E-state index in [1.807, 2.05) is 20.8 Å². The number of anilines is 1. The molecule has 0 bridgehead atoms. The molecule has 0 spiro atoms. The first-order chi connectivity index (χ1) is 11.3. The van der Waals surface area contributed by atoms with Gasteiger partial charge in [0.1, 0.15) is 17.0 Å². The molecule has 3 rings (SSSR count). The van der Waals surface area contributed by atoms with Crippen molar-refractivity contribution in [1.29, 1.82) is 0 Å². The number of aromatic nitrogens is 1. The zero-order valence-corrected chi connectivity index (χ0v) is 14.3. The van der Waals surface area contributed by atoms with E-state index in [1.165, 1.54) is 0 Å². The number of rotatable bonds is 1. The Labute approximate surface area is 141 Å². The SMILES string of the molecule is CC(C)(C)OC(=O)N1CCC(c2cncc3c2OCC(=O)N3)CC1. The molecule has 0 radical (unpaired) electrons. The Morgan fingerprint density at radius 2 is 2.04 bits per heavy atom. The van der Waals surface area contributed by atoms with Gasteiger partial charge in [0.25, 0.3) is 5.91 Å². The van der Waals surface area contributed by atoms with Gasteiger partial charge in [-0.3, -0.25) is 9.78 Å². The normalized spacial score (nSPS) is 18.5. The highest BCUT2D eigenvalue weighted by molar-refractivity contribution is 5.95. The number of hydrogen-bond acceptors (Lipinski definition) is 5. The number of carbonyl (C=O) groups excluding carboxylic acids is 2. The minimum absolute atomic E-state index is 0.0285. The van der Waals surface area contributed by atoms with Crippen LogP contribution in [0, 0.1) is 0 Å². The Kier molecular flexibility index (Phi) is 4.34. The van der Waals surface area contributed by atoms with Gasteiger partial charge in [-0.25, -0.2) is 4.79 Å². The third kappa shape index (κ3) is 3.60. The maximum absolute atomic E-state index is 12.1. The first kappa shape index (κ1) is 16.5. The number of carbonyl (C=O) groups is 2. The second-order valence-electron chi connectivity index (χ2n) is 7.18. The summed E-state index contributed by atoms with van der Waals surface area (Å²) in [6.07, 6.45) is 4.76. The lowest BCUT2D eigenvalue weighted by Crippen LogP contribution is -2.41. The van der Waals surface area contributed by atoms with E-state index in [4.69, 9.17) is 9.47 Å². The van der Waals surface area contributed by atoms with Crippen molar-refractivity contribution in [3.63, 3.8) is 0 Å². The van der Waals surface area contributed by atoms with Crippen LogP contribution in [0.4, 0.5) is 10.5 Å². The van der Waals surface area contributed by atoms with Crippen LogP contribution in [0.2, 0.25) is 0 Å². The van der Waals surface area contributed by atoms with E-state index < -0.39 is 5.60 Å². The second kappa shape index (κ2) is 6.30. The van der Waals surface area contributed by atoms with Crippen LogP contribution in [0.25, 0.3) is 0 Å². The van der Waals surface area contributed by atoms with Gasteiger partial charge >= 0.3 is 6.09 Å². The number of likely N-dealkylation sites (tertiary alicyclic amines) is 1. The van der Waals surface area contributed by atoms with Gasteiger partial charge in [-0.2, -0.15) is 0 Å². The molecule has 1 saturated heterocycles. The molecule has 24 heavy (non-hydrogen) atoms. The van der Waals surface area contributed by atoms with Gasteiger partial charge in [-0.1, -0.05) is 0 Å². The lowest BCUT2D eigenvalue weighted by atomic mass is 9.89. The average Bonchev–Trinajstić information content (AvgIpc) is 2.52. The number of pyridine rings is 1. The van der Waals surface area contributed by atoms with E-state index in [0.29, 0.717) is 24.5 Å². The largest absolute Gasteiger partial charge is 0.481 e. The summed E-state index contributed by atoms with van der Waals surface area (Å²) in [5, 5.41) is 2.78. The lowest BCUT2D eigenvalue weighted by Gasteiger charge is -2.34. The van der Waals surface area contributed by atoms with Crippen LogP contribution >= 0.6 is 0 Å². The molecule has 3 heterocycles. The molecule has 2 amide bonds. The molecule has 0 atom stereocenters. The summed E-state index contributed by atoms with van der Waals surface area (Å²) in [6, 6.07) is 0. The molecule has 0 saturated carbocycles. The van der Waals surface area contributed by atoms with E-state index in [9.17, 15) is 9.59 Å². The van der Waals surface area contributed by atoms with Crippen LogP contribution in [-0.2, 0) is 9.53 Å². The molecular formula is C17H23N3O4. The fraction of sp³-hybridized carbons (Fsp3) is 0.588. The van der Waals surface area contributed by atoms with E-state index in [-0.39, 0.29) is 24.5 Å². The highest BCUT2D eigenvalue weighted by Crippen LogP contribution is 2.39. The number of nitrogens with one attached hydrogen (secondary N) is 1. The van der Waals surface area contributed by atoms with Gasteiger partial charge in [0, 0.05) is 24.8 Å². The van der Waals surface area contributed by atoms with Crippen molar-refractivity contribution in [2.45, 2.75) is 45.1 Å². The highest BCUT2D eigenvalue weighted by atomic mass is 16.6. The molecule has 0 unspecified atom stereocenters. The van der Waals surface area contributed by atoms with Crippen LogP contribution in [-0.4, -0.2) is 47.2 Å². The van der Waals surface area contributed by atoms with E-state index >= 15 is 0 Å². The summed E-state index contributed by atoms with van der Waals surface area (Å²) < 4.78 is 11.0. The molecule has 7 nitrogen and oxygen atoms in total. The molecule has 7 heteroatoms. The zero-order valence-electron chi connectivity index (χ0n) is 14.3. The molecule has 2 aliphatic heterocycles. The number of nitrogens with zero attached hydrogens (tertiary/aromatic N) is 2. The Hall–Kier alpha value is -2.31. The molecule has 0 aliphatic carbocycles. The molecule has 1 aromatic heterocycles. The standard InChI is InChI=1S/C17H23N3O4/c1-17(2,3)24-16(22)20-6-4-11(5-7-20)12-8-18-9-13-15(12)23-10-14(21)19-13/h8-9,11H,4-7,10H2,1-3H3,(H,19,21). The predicted octanol–water partition coefficient (Wildman–Crippen LogP) is 2.53. The van der Waals surface area contributed by atoms with Gasteiger partial charge in [0.15, 0.2) is 6.61 Å². The molecule has 1 N–H and O–H groups in total. The number of amides is 2. The summed E-state index contributed by atoms with van der Waals surface area (Å²) in [5.74, 6) is 0.794. The van der Waals surface area contributed by atoms with Gasteiger partial charge in [0.05, 0.1) is 6.20 Å². The van der Waals surface area contributed by atoms with Crippen molar-refractivity contribution in [2.24, 2.45) is 0 Å². The van der Waals surface area contributed by atoms with Gasteiger partial charge in [-0.15, -0.1) is 0 Å². The highest BCUT2D eigenvalue weighted by Gasteiger charge is 2.30. The maximum Gasteiger partial charge on any atom is 0.410 e. The summed E-state index contributed by atoms with van der Waals surface area (Å²) in [6.45, 7) is 6.90. The van der Waals surface area contributed by atoms with Crippen molar-refractivity contribution in [1.82, 2.24) is 9.88 Å². The smallest absolute Gasteiger partial charge is 0.410 e. The van der Waals surface area contributed by atoms with Crippen LogP contribution in [0.1, 0.15) is 45.1 Å². The molecule has 0 aromatic carbocycles. The summed E-state index contributed by atoms with van der Waals surface area (Å²) in [7, 11) is 0. The molecular weight excluding hydrogens is 310 g/mol. The maximum atomic E-state index is 12.1. The summed E-state index contributed by atoms with van der Waals surface area (Å²) in [5.41, 5.74) is 1.14. The zero-order chi connectivity index (χ0) is 17.3. The fourth-order valence-electron chi connectivity index (χ4n) is 3.03.